The zero-order valence-corrected chi connectivity index (χ0v) is 17.1. The maximum Gasteiger partial charge on any atom is 0.285 e. The van der Waals surface area contributed by atoms with Crippen LogP contribution in [-0.2, 0) is 11.8 Å². The SMILES string of the molecule is Cn1c(/C=C2/SC(=S)N(NC(=O)c3cccc(Cl)c3)C2=O)cc2ccccc21. The topological polar surface area (TPSA) is 54.3 Å². The molecule has 8 heteroatoms. The predicted molar refractivity (Wildman–Crippen MR) is 117 cm³/mol. The van der Waals surface area contributed by atoms with Crippen LogP contribution in [0.2, 0.25) is 5.02 Å². The van der Waals surface area contributed by atoms with Gasteiger partial charge in [0.2, 0.25) is 0 Å². The van der Waals surface area contributed by atoms with E-state index in [1.165, 1.54) is 6.07 Å². The summed E-state index contributed by atoms with van der Waals surface area (Å²) in [5.74, 6) is -0.819. The number of aromatic nitrogens is 1. The van der Waals surface area contributed by atoms with Crippen molar-refractivity contribution in [3.8, 4) is 0 Å². The van der Waals surface area contributed by atoms with Crippen molar-refractivity contribution in [2.45, 2.75) is 0 Å². The van der Waals surface area contributed by atoms with Crippen LogP contribution in [0.4, 0.5) is 0 Å². The van der Waals surface area contributed by atoms with E-state index in [2.05, 4.69) is 5.43 Å². The van der Waals surface area contributed by atoms with Gasteiger partial charge in [-0.05, 0) is 48.6 Å². The molecule has 2 heterocycles. The molecule has 0 radical (unpaired) electrons. The van der Waals surface area contributed by atoms with Crippen LogP contribution in [0.5, 0.6) is 0 Å². The summed E-state index contributed by atoms with van der Waals surface area (Å²) in [6.45, 7) is 0. The molecule has 0 aliphatic carbocycles. The number of hydrogen-bond donors (Lipinski definition) is 1. The summed E-state index contributed by atoms with van der Waals surface area (Å²) in [4.78, 5) is 25.7. The Balaban J connectivity index is 1.59. The van der Waals surface area contributed by atoms with E-state index in [-0.39, 0.29) is 10.2 Å². The average Bonchev–Trinajstić information content (AvgIpc) is 3.13. The molecule has 1 aliphatic heterocycles. The van der Waals surface area contributed by atoms with Crippen LogP contribution in [0.15, 0.2) is 59.5 Å². The second-order valence-electron chi connectivity index (χ2n) is 6.16. The first kappa shape index (κ1) is 18.7. The van der Waals surface area contributed by atoms with Crippen LogP contribution in [-0.4, -0.2) is 25.7 Å². The molecule has 1 N–H and O–H groups in total. The number of carbonyl (C=O) groups is 2. The Labute approximate surface area is 175 Å². The summed E-state index contributed by atoms with van der Waals surface area (Å²) in [6.07, 6.45) is 1.78. The quantitative estimate of drug-likeness (QED) is 0.498. The number of thiocarbonyl (C=S) groups is 1. The van der Waals surface area contributed by atoms with Crippen molar-refractivity contribution in [3.63, 3.8) is 0 Å². The molecule has 28 heavy (non-hydrogen) atoms. The molecule has 1 saturated heterocycles. The summed E-state index contributed by atoms with van der Waals surface area (Å²) in [6, 6.07) is 16.5. The minimum absolute atomic E-state index is 0.269. The number of halogens is 1. The fourth-order valence-corrected chi connectivity index (χ4v) is 4.30. The third kappa shape index (κ3) is 3.44. The maximum atomic E-state index is 12.8. The van der Waals surface area contributed by atoms with Crippen LogP contribution >= 0.6 is 35.6 Å². The van der Waals surface area contributed by atoms with E-state index in [9.17, 15) is 9.59 Å². The summed E-state index contributed by atoms with van der Waals surface area (Å²) in [7, 11) is 1.94. The third-order valence-corrected chi connectivity index (χ3v) is 5.90. The molecule has 3 aromatic rings. The van der Waals surface area contributed by atoms with E-state index in [0.29, 0.717) is 15.5 Å². The Morgan fingerprint density at radius 2 is 1.96 bits per heavy atom. The molecule has 0 bridgehead atoms. The van der Waals surface area contributed by atoms with Gasteiger partial charge in [0.05, 0.1) is 4.91 Å². The fourth-order valence-electron chi connectivity index (χ4n) is 2.94. The fraction of sp³-hybridized carbons (Fsp3) is 0.0500. The first-order valence-electron chi connectivity index (χ1n) is 8.33. The van der Waals surface area contributed by atoms with Crippen molar-refractivity contribution in [1.29, 1.82) is 0 Å². The normalized spacial score (nSPS) is 15.6. The van der Waals surface area contributed by atoms with Gasteiger partial charge in [-0.15, -0.1) is 0 Å². The lowest BCUT2D eigenvalue weighted by Crippen LogP contribution is -2.44. The lowest BCUT2D eigenvalue weighted by molar-refractivity contribution is -0.123. The molecule has 1 aliphatic rings. The molecule has 2 aromatic carbocycles. The molecular formula is C20H14ClN3O2S2. The Bertz CT molecular complexity index is 1170. The van der Waals surface area contributed by atoms with Gasteiger partial charge >= 0.3 is 0 Å². The maximum absolute atomic E-state index is 12.8. The number of thioether (sulfide) groups is 1. The number of amides is 2. The number of hydrogen-bond acceptors (Lipinski definition) is 4. The Kier molecular flexibility index (Phi) is 4.97. The molecule has 0 spiro atoms. The number of nitrogens with zero attached hydrogens (tertiary/aromatic N) is 2. The highest BCUT2D eigenvalue weighted by atomic mass is 35.5. The second-order valence-corrected chi connectivity index (χ2v) is 8.27. The Morgan fingerprint density at radius 3 is 2.71 bits per heavy atom. The first-order valence-corrected chi connectivity index (χ1v) is 9.93. The highest BCUT2D eigenvalue weighted by molar-refractivity contribution is 8.26. The van der Waals surface area contributed by atoms with E-state index in [1.54, 1.807) is 24.3 Å². The lowest BCUT2D eigenvalue weighted by atomic mass is 10.2. The summed E-state index contributed by atoms with van der Waals surface area (Å²) in [5.41, 5.74) is 4.85. The van der Waals surface area contributed by atoms with Gasteiger partial charge in [-0.1, -0.05) is 47.6 Å². The van der Waals surface area contributed by atoms with Gasteiger partial charge in [0.25, 0.3) is 11.8 Å². The molecule has 1 aromatic heterocycles. The number of hydrazine groups is 1. The van der Waals surface area contributed by atoms with E-state index in [0.717, 1.165) is 33.4 Å². The minimum Gasteiger partial charge on any atom is -0.344 e. The zero-order valence-electron chi connectivity index (χ0n) is 14.7. The smallest absolute Gasteiger partial charge is 0.285 e. The Hall–Kier alpha value is -2.61. The summed E-state index contributed by atoms with van der Waals surface area (Å²) < 4.78 is 2.28. The van der Waals surface area contributed by atoms with Gasteiger partial charge in [-0.3, -0.25) is 15.0 Å². The second kappa shape index (κ2) is 7.43. The third-order valence-electron chi connectivity index (χ3n) is 4.36. The van der Waals surface area contributed by atoms with Crippen molar-refractivity contribution < 1.29 is 9.59 Å². The average molecular weight is 428 g/mol. The van der Waals surface area contributed by atoms with E-state index >= 15 is 0 Å². The Morgan fingerprint density at radius 1 is 1.18 bits per heavy atom. The molecular weight excluding hydrogens is 414 g/mol. The van der Waals surface area contributed by atoms with Gasteiger partial charge in [0.15, 0.2) is 4.32 Å². The highest BCUT2D eigenvalue weighted by Gasteiger charge is 2.34. The van der Waals surface area contributed by atoms with Gasteiger partial charge < -0.3 is 4.57 Å². The number of para-hydroxylation sites is 1. The van der Waals surface area contributed by atoms with E-state index in [4.69, 9.17) is 23.8 Å². The van der Waals surface area contributed by atoms with Crippen molar-refractivity contribution in [1.82, 2.24) is 15.0 Å². The molecule has 0 unspecified atom stereocenters. The van der Waals surface area contributed by atoms with Crippen LogP contribution in [0.25, 0.3) is 17.0 Å². The predicted octanol–water partition coefficient (Wildman–Crippen LogP) is 4.38. The van der Waals surface area contributed by atoms with Crippen LogP contribution in [0.1, 0.15) is 16.1 Å². The van der Waals surface area contributed by atoms with Crippen molar-refractivity contribution in [2.75, 3.05) is 0 Å². The molecule has 5 nitrogen and oxygen atoms in total. The number of aryl methyl sites for hydroxylation is 1. The zero-order chi connectivity index (χ0) is 19.8. The minimum atomic E-state index is -0.454. The number of rotatable bonds is 3. The molecule has 1 fully saturated rings. The molecule has 0 atom stereocenters. The highest BCUT2D eigenvalue weighted by Crippen LogP contribution is 2.32. The van der Waals surface area contributed by atoms with Crippen LogP contribution in [0, 0.1) is 0 Å². The monoisotopic (exact) mass is 427 g/mol. The number of nitrogens with one attached hydrogen (secondary N) is 1. The van der Waals surface area contributed by atoms with E-state index in [1.807, 2.05) is 41.9 Å². The molecule has 4 rings (SSSR count). The van der Waals surface area contributed by atoms with Gasteiger partial charge in [0, 0.05) is 34.2 Å². The standard InChI is InChI=1S/C20H14ClN3O2S2/c1-23-15(10-12-5-2-3-8-16(12)23)11-17-19(26)24(20(27)28-17)22-18(25)13-6-4-7-14(21)9-13/h2-11H,1H3,(H,22,25)/b17-11+. The van der Waals surface area contributed by atoms with Crippen LogP contribution in [0.3, 0.4) is 0 Å². The van der Waals surface area contributed by atoms with Crippen molar-refractivity contribution >= 4 is 68.7 Å². The van der Waals surface area contributed by atoms with Crippen LogP contribution < -0.4 is 5.43 Å². The van der Waals surface area contributed by atoms with Gasteiger partial charge in [-0.2, -0.15) is 5.01 Å². The lowest BCUT2D eigenvalue weighted by Gasteiger charge is -2.15. The number of fused-ring (bicyclic) bond motifs is 1. The first-order chi connectivity index (χ1) is 13.4. The van der Waals surface area contributed by atoms with Crippen molar-refractivity contribution in [2.24, 2.45) is 7.05 Å². The molecule has 0 saturated carbocycles. The number of benzene rings is 2. The summed E-state index contributed by atoms with van der Waals surface area (Å²) >= 11 is 12.4. The summed E-state index contributed by atoms with van der Waals surface area (Å²) in [5, 5.41) is 2.62. The number of carbonyl (C=O) groups excluding carboxylic acids is 2. The van der Waals surface area contributed by atoms with Gasteiger partial charge in [-0.25, -0.2) is 0 Å². The van der Waals surface area contributed by atoms with Gasteiger partial charge in [0.1, 0.15) is 0 Å². The van der Waals surface area contributed by atoms with Crippen molar-refractivity contribution in [3.05, 3.63) is 75.8 Å². The molecule has 2 amide bonds. The largest absolute Gasteiger partial charge is 0.344 e. The molecule has 140 valence electrons. The van der Waals surface area contributed by atoms with E-state index < -0.39 is 5.91 Å².